The van der Waals surface area contributed by atoms with Crippen LogP contribution in [0.25, 0.3) is 0 Å². The summed E-state index contributed by atoms with van der Waals surface area (Å²) in [6, 6.07) is 11.4. The number of amides is 1. The van der Waals surface area contributed by atoms with E-state index in [-0.39, 0.29) is 10.8 Å². The minimum absolute atomic E-state index is 0.157. The van der Waals surface area contributed by atoms with Gasteiger partial charge in [-0.1, -0.05) is 30.3 Å². The standard InChI is InChI=1S/C27H41N3O2/c1-2-32-29-17-24-20-12-26(22-6-4-3-5-7-22)13-21(24)15-27(14-20,18-26)25(31)30-23-10-8-19(16-28)9-11-23/h3-7,19-21,23-24,29H,2,8-18,28H2,1H3,(H,30,31)/t19-,20?,21?,23-,24?,26?,27?. The van der Waals surface area contributed by atoms with Crippen LogP contribution in [0.2, 0.25) is 0 Å². The molecule has 5 aliphatic rings. The SMILES string of the molecule is CCONCC1C2CC3(C(=O)N[C@H]4CC[C@H](CN)CC4)CC1CC(c1ccccc1)(C2)C3. The van der Waals surface area contributed by atoms with Crippen molar-refractivity contribution in [2.24, 2.45) is 34.8 Å². The van der Waals surface area contributed by atoms with Crippen LogP contribution in [0.5, 0.6) is 0 Å². The molecule has 0 aromatic heterocycles. The fraction of sp³-hybridized carbons (Fsp3) is 0.741. The van der Waals surface area contributed by atoms with E-state index in [4.69, 9.17) is 10.6 Å². The number of nitrogens with one attached hydrogen (secondary N) is 2. The molecule has 32 heavy (non-hydrogen) atoms. The second kappa shape index (κ2) is 9.08. The van der Waals surface area contributed by atoms with Crippen molar-refractivity contribution in [2.75, 3.05) is 19.7 Å². The quantitative estimate of drug-likeness (QED) is 0.424. The summed E-state index contributed by atoms with van der Waals surface area (Å²) in [5.74, 6) is 2.77. The van der Waals surface area contributed by atoms with E-state index >= 15 is 0 Å². The zero-order valence-electron chi connectivity index (χ0n) is 19.7. The van der Waals surface area contributed by atoms with Gasteiger partial charge in [0.25, 0.3) is 0 Å². The van der Waals surface area contributed by atoms with Gasteiger partial charge in [0, 0.05) is 12.6 Å². The predicted octanol–water partition coefficient (Wildman–Crippen LogP) is 3.93. The molecule has 1 aromatic rings. The fourth-order valence-corrected chi connectivity index (χ4v) is 8.11. The first kappa shape index (κ1) is 22.4. The van der Waals surface area contributed by atoms with Gasteiger partial charge in [-0.3, -0.25) is 4.79 Å². The minimum Gasteiger partial charge on any atom is -0.353 e. The second-order valence-electron chi connectivity index (χ2n) is 11.3. The summed E-state index contributed by atoms with van der Waals surface area (Å²) in [4.78, 5) is 19.4. The van der Waals surface area contributed by atoms with Crippen molar-refractivity contribution in [2.45, 2.75) is 76.2 Å². The molecule has 5 fully saturated rings. The molecule has 0 heterocycles. The van der Waals surface area contributed by atoms with Gasteiger partial charge >= 0.3 is 0 Å². The average Bonchev–Trinajstić information content (AvgIpc) is 2.81. The molecule has 1 aromatic carbocycles. The van der Waals surface area contributed by atoms with Crippen LogP contribution < -0.4 is 16.5 Å². The van der Waals surface area contributed by atoms with Crippen LogP contribution in [0.3, 0.4) is 0 Å². The summed E-state index contributed by atoms with van der Waals surface area (Å²) in [6.45, 7) is 4.41. The van der Waals surface area contributed by atoms with Crippen LogP contribution in [0.1, 0.15) is 70.3 Å². The van der Waals surface area contributed by atoms with E-state index in [0.29, 0.717) is 42.2 Å². The van der Waals surface area contributed by atoms with Crippen LogP contribution in [-0.4, -0.2) is 31.6 Å². The van der Waals surface area contributed by atoms with E-state index < -0.39 is 0 Å². The molecule has 6 rings (SSSR count). The molecule has 0 radical (unpaired) electrons. The topological polar surface area (TPSA) is 76.4 Å². The molecule has 2 unspecified atom stereocenters. The number of carbonyl (C=O) groups excluding carboxylic acids is 1. The number of hydroxylamine groups is 1. The highest BCUT2D eigenvalue weighted by molar-refractivity contribution is 5.84. The molecular weight excluding hydrogens is 398 g/mol. The van der Waals surface area contributed by atoms with Crippen LogP contribution >= 0.6 is 0 Å². The third-order valence-electron chi connectivity index (χ3n) is 9.45. The minimum atomic E-state index is -0.200. The lowest BCUT2D eigenvalue weighted by Crippen LogP contribution is -2.63. The molecule has 2 atom stereocenters. The molecule has 5 heteroatoms. The molecule has 0 saturated heterocycles. The zero-order valence-corrected chi connectivity index (χ0v) is 19.7. The lowest BCUT2D eigenvalue weighted by atomic mass is 9.40. The number of carbonyl (C=O) groups is 1. The first-order chi connectivity index (χ1) is 15.6. The number of hydrogen-bond acceptors (Lipinski definition) is 4. The Morgan fingerprint density at radius 2 is 1.75 bits per heavy atom. The number of nitrogens with two attached hydrogens (primary N) is 1. The third-order valence-corrected chi connectivity index (χ3v) is 9.45. The molecule has 4 bridgehead atoms. The Balaban J connectivity index is 1.36. The smallest absolute Gasteiger partial charge is 0.226 e. The van der Waals surface area contributed by atoms with Gasteiger partial charge in [0.1, 0.15) is 0 Å². The van der Waals surface area contributed by atoms with Gasteiger partial charge in [0.15, 0.2) is 0 Å². The van der Waals surface area contributed by atoms with Crippen molar-refractivity contribution in [3.8, 4) is 0 Å². The summed E-state index contributed by atoms with van der Waals surface area (Å²) in [5.41, 5.74) is 10.5. The van der Waals surface area contributed by atoms with E-state index in [0.717, 1.165) is 58.0 Å². The largest absolute Gasteiger partial charge is 0.353 e. The Hall–Kier alpha value is -1.43. The summed E-state index contributed by atoms with van der Waals surface area (Å²) in [7, 11) is 0. The average molecular weight is 440 g/mol. The molecule has 5 saturated carbocycles. The lowest BCUT2D eigenvalue weighted by Gasteiger charge is -2.64. The highest BCUT2D eigenvalue weighted by Crippen LogP contribution is 2.67. The molecule has 4 N–H and O–H groups in total. The number of benzene rings is 1. The van der Waals surface area contributed by atoms with Crippen molar-refractivity contribution < 1.29 is 9.63 Å². The Bertz CT molecular complexity index is 773. The molecule has 0 aliphatic heterocycles. The maximum atomic E-state index is 13.9. The van der Waals surface area contributed by atoms with E-state index in [2.05, 4.69) is 41.1 Å². The van der Waals surface area contributed by atoms with Crippen molar-refractivity contribution in [3.05, 3.63) is 35.9 Å². The molecule has 176 valence electrons. The maximum Gasteiger partial charge on any atom is 0.226 e. The summed E-state index contributed by atoms with van der Waals surface area (Å²) in [5, 5.41) is 3.54. The summed E-state index contributed by atoms with van der Waals surface area (Å²) < 4.78 is 0. The van der Waals surface area contributed by atoms with Crippen molar-refractivity contribution >= 4 is 5.91 Å². The first-order valence-corrected chi connectivity index (χ1v) is 13.0. The number of rotatable bonds is 8. The Morgan fingerprint density at radius 3 is 2.38 bits per heavy atom. The van der Waals surface area contributed by atoms with E-state index in [1.807, 2.05) is 6.92 Å². The predicted molar refractivity (Wildman–Crippen MR) is 127 cm³/mol. The fourth-order valence-electron chi connectivity index (χ4n) is 8.11. The van der Waals surface area contributed by atoms with Gasteiger partial charge in [0.2, 0.25) is 5.91 Å². The van der Waals surface area contributed by atoms with Gasteiger partial charge in [-0.15, -0.1) is 0 Å². The summed E-state index contributed by atoms with van der Waals surface area (Å²) >= 11 is 0. The normalized spacial score (nSPS) is 40.4. The molecule has 0 spiro atoms. The Labute approximate surface area is 193 Å². The second-order valence-corrected chi connectivity index (χ2v) is 11.3. The Kier molecular flexibility index (Phi) is 6.34. The van der Waals surface area contributed by atoms with E-state index in [9.17, 15) is 4.79 Å². The summed E-state index contributed by atoms with van der Waals surface area (Å²) in [6.07, 6.45) is 10.00. The van der Waals surface area contributed by atoms with Crippen LogP contribution in [-0.2, 0) is 15.0 Å². The van der Waals surface area contributed by atoms with Crippen molar-refractivity contribution in [1.82, 2.24) is 10.8 Å². The van der Waals surface area contributed by atoms with Gasteiger partial charge in [0.05, 0.1) is 12.0 Å². The molecular formula is C27H41N3O2. The third kappa shape index (κ3) is 4.01. The lowest BCUT2D eigenvalue weighted by molar-refractivity contribution is -0.160. The molecule has 5 aliphatic carbocycles. The van der Waals surface area contributed by atoms with E-state index in [1.54, 1.807) is 0 Å². The number of hydrogen-bond donors (Lipinski definition) is 3. The van der Waals surface area contributed by atoms with Gasteiger partial charge in [-0.2, -0.15) is 0 Å². The van der Waals surface area contributed by atoms with Gasteiger partial charge < -0.3 is 15.9 Å². The van der Waals surface area contributed by atoms with Gasteiger partial charge in [-0.05, 0) is 106 Å². The van der Waals surface area contributed by atoms with Crippen LogP contribution in [0.4, 0.5) is 0 Å². The van der Waals surface area contributed by atoms with Crippen LogP contribution in [0, 0.1) is 29.1 Å². The molecule has 1 amide bonds. The highest BCUT2D eigenvalue weighted by Gasteiger charge is 2.63. The maximum absolute atomic E-state index is 13.9. The molecule has 5 nitrogen and oxygen atoms in total. The highest BCUT2D eigenvalue weighted by atomic mass is 16.6. The van der Waals surface area contributed by atoms with E-state index in [1.165, 1.54) is 18.4 Å². The monoisotopic (exact) mass is 439 g/mol. The zero-order chi connectivity index (χ0) is 22.2. The Morgan fingerprint density at radius 1 is 1.06 bits per heavy atom. The van der Waals surface area contributed by atoms with Crippen molar-refractivity contribution in [1.29, 1.82) is 0 Å². The van der Waals surface area contributed by atoms with Gasteiger partial charge in [-0.25, -0.2) is 5.48 Å². The first-order valence-electron chi connectivity index (χ1n) is 13.0. The van der Waals surface area contributed by atoms with Crippen LogP contribution in [0.15, 0.2) is 30.3 Å². The van der Waals surface area contributed by atoms with Crippen molar-refractivity contribution in [3.63, 3.8) is 0 Å².